The van der Waals surface area contributed by atoms with Gasteiger partial charge in [0.25, 0.3) is 0 Å². The Labute approximate surface area is 179 Å². The molecule has 2 amide bonds. The van der Waals surface area contributed by atoms with Crippen LogP contribution in [-0.4, -0.2) is 21.1 Å². The molecule has 0 radical (unpaired) electrons. The highest BCUT2D eigenvalue weighted by Gasteiger charge is 2.36. The quantitative estimate of drug-likeness (QED) is 0.691. The fourth-order valence-electron chi connectivity index (χ4n) is 4.27. The number of rotatable bonds is 3. The summed E-state index contributed by atoms with van der Waals surface area (Å²) in [6.45, 7) is 7.78. The van der Waals surface area contributed by atoms with Gasteiger partial charge in [-0.15, -0.1) is 0 Å². The van der Waals surface area contributed by atoms with Gasteiger partial charge in [0.05, 0.1) is 21.9 Å². The molecule has 0 spiro atoms. The van der Waals surface area contributed by atoms with Crippen molar-refractivity contribution >= 4 is 22.6 Å². The molecule has 0 aromatic carbocycles. The van der Waals surface area contributed by atoms with E-state index in [0.717, 1.165) is 60.3 Å². The van der Waals surface area contributed by atoms with Crippen LogP contribution in [0.1, 0.15) is 68.6 Å². The summed E-state index contributed by atoms with van der Waals surface area (Å²) >= 11 is 0. The fraction of sp³-hybridized carbons (Fsp3) is 0.500. The Balaban J connectivity index is 1.64. The molecule has 1 unspecified atom stereocenters. The van der Waals surface area contributed by atoms with Crippen molar-refractivity contribution in [2.24, 2.45) is 9.50 Å². The van der Waals surface area contributed by atoms with Crippen LogP contribution in [0.15, 0.2) is 27.7 Å². The van der Waals surface area contributed by atoms with Crippen LogP contribution < -0.4 is 10.5 Å². The smallest absolute Gasteiger partial charge is 0.352 e. The van der Waals surface area contributed by atoms with Gasteiger partial charge in [-0.3, -0.25) is 15.1 Å². The maximum atomic E-state index is 12.8. The Kier molecular flexibility index (Phi) is 5.28. The highest BCUT2D eigenvalue weighted by Crippen LogP contribution is 2.44. The third-order valence-electron chi connectivity index (χ3n) is 6.04. The molecule has 2 aliphatic carbocycles. The van der Waals surface area contributed by atoms with E-state index in [-0.39, 0.29) is 5.41 Å². The zero-order valence-electron chi connectivity index (χ0n) is 18.0. The van der Waals surface area contributed by atoms with Crippen LogP contribution in [0.2, 0.25) is 0 Å². The lowest BCUT2D eigenvalue weighted by Gasteiger charge is -2.20. The zero-order valence-corrected chi connectivity index (χ0v) is 18.8. The molecule has 2 heterocycles. The zero-order chi connectivity index (χ0) is 21.7. The second kappa shape index (κ2) is 7.51. The Morgan fingerprint density at radius 1 is 1.27 bits per heavy atom. The maximum Gasteiger partial charge on any atom is 0.352 e. The van der Waals surface area contributed by atoms with Crippen LogP contribution in [0.5, 0.6) is 0 Å². The van der Waals surface area contributed by atoms with Crippen molar-refractivity contribution in [3.8, 4) is 0 Å². The van der Waals surface area contributed by atoms with Gasteiger partial charge in [-0.1, -0.05) is 13.8 Å². The summed E-state index contributed by atoms with van der Waals surface area (Å²) < 4.78 is 4.17. The topological polar surface area (TPSA) is 113 Å². The summed E-state index contributed by atoms with van der Waals surface area (Å²) in [5.41, 5.74) is 5.01. The van der Waals surface area contributed by atoms with E-state index in [2.05, 4.69) is 28.5 Å². The molecule has 7 nitrogen and oxygen atoms in total. The molecule has 0 saturated carbocycles. The van der Waals surface area contributed by atoms with Gasteiger partial charge in [0.15, 0.2) is 0 Å². The molecule has 2 aromatic rings. The van der Waals surface area contributed by atoms with E-state index < -0.39 is 22.5 Å². The van der Waals surface area contributed by atoms with Gasteiger partial charge < -0.3 is 10.4 Å². The molecule has 4 N–H and O–H groups in total. The van der Waals surface area contributed by atoms with Gasteiger partial charge in [0.2, 0.25) is 0 Å². The molecule has 8 heteroatoms. The molecule has 30 heavy (non-hydrogen) atoms. The van der Waals surface area contributed by atoms with Crippen molar-refractivity contribution in [1.29, 1.82) is 0 Å². The lowest BCUT2D eigenvalue weighted by Crippen LogP contribution is -2.19. The average Bonchev–Trinajstić information content (AvgIpc) is 3.26. The van der Waals surface area contributed by atoms with Crippen molar-refractivity contribution in [1.82, 2.24) is 9.97 Å². The van der Waals surface area contributed by atoms with E-state index in [9.17, 15) is 9.90 Å². The number of nitrogens with one attached hydrogen (secondary N) is 1. The number of amides is 2. The standard InChI is InChI=1S/C22H29N5O2S/c1-21(2)9-8-16-18(15-6-5-7-17(15)25-19(16)21)26-20(28)27-30(23)14-10-13(11-24-12-14)22(3,4)29/h10-12,29H,5-9H2,1-4H3,(H3,23,25,26,27,28). The van der Waals surface area contributed by atoms with Crippen LogP contribution in [0, 0.1) is 0 Å². The predicted molar refractivity (Wildman–Crippen MR) is 118 cm³/mol. The van der Waals surface area contributed by atoms with Crippen molar-refractivity contribution in [2.45, 2.75) is 75.7 Å². The van der Waals surface area contributed by atoms with E-state index >= 15 is 0 Å². The van der Waals surface area contributed by atoms with E-state index in [1.807, 2.05) is 0 Å². The molecule has 2 aromatic heterocycles. The third kappa shape index (κ3) is 3.91. The van der Waals surface area contributed by atoms with Gasteiger partial charge in [-0.2, -0.15) is 4.36 Å². The molecule has 0 bridgehead atoms. The lowest BCUT2D eigenvalue weighted by atomic mass is 9.90. The molecule has 4 rings (SSSR count). The van der Waals surface area contributed by atoms with Crippen molar-refractivity contribution < 1.29 is 9.90 Å². The largest absolute Gasteiger partial charge is 0.386 e. The number of carbonyl (C=O) groups excluding carboxylic acids is 1. The number of nitrogens with zero attached hydrogens (tertiary/aromatic N) is 3. The van der Waals surface area contributed by atoms with Crippen molar-refractivity contribution in [3.05, 3.63) is 46.5 Å². The summed E-state index contributed by atoms with van der Waals surface area (Å²) in [6.07, 6.45) is 8.04. The summed E-state index contributed by atoms with van der Waals surface area (Å²) in [4.78, 5) is 22.5. The van der Waals surface area contributed by atoms with Crippen LogP contribution in [0.3, 0.4) is 0 Å². The van der Waals surface area contributed by atoms with Crippen LogP contribution in [0.4, 0.5) is 10.5 Å². The highest BCUT2D eigenvalue weighted by atomic mass is 32.2. The first kappa shape index (κ1) is 21.1. The minimum Gasteiger partial charge on any atom is -0.386 e. The minimum absolute atomic E-state index is 0.0188. The number of aromatic nitrogens is 2. The number of fused-ring (bicyclic) bond motifs is 2. The molecule has 2 aliphatic rings. The van der Waals surface area contributed by atoms with Gasteiger partial charge in [0.1, 0.15) is 0 Å². The van der Waals surface area contributed by atoms with Crippen molar-refractivity contribution in [2.75, 3.05) is 5.32 Å². The molecule has 0 saturated heterocycles. The van der Waals surface area contributed by atoms with Gasteiger partial charge in [0, 0.05) is 39.9 Å². The Morgan fingerprint density at radius 3 is 2.77 bits per heavy atom. The Morgan fingerprint density at radius 2 is 2.03 bits per heavy atom. The first-order chi connectivity index (χ1) is 14.1. The highest BCUT2D eigenvalue weighted by molar-refractivity contribution is 7.85. The van der Waals surface area contributed by atoms with E-state index in [4.69, 9.17) is 10.1 Å². The van der Waals surface area contributed by atoms with Gasteiger partial charge >= 0.3 is 6.03 Å². The first-order valence-corrected chi connectivity index (χ1v) is 11.6. The predicted octanol–water partition coefficient (Wildman–Crippen LogP) is 3.68. The molecule has 160 valence electrons. The second-order valence-electron chi connectivity index (χ2n) is 9.28. The number of hydrogen-bond donors (Lipinski definition) is 3. The molecule has 0 fully saturated rings. The van der Waals surface area contributed by atoms with Crippen LogP contribution in [-0.2, 0) is 41.2 Å². The number of urea groups is 1. The summed E-state index contributed by atoms with van der Waals surface area (Å²) in [5, 5.41) is 19.4. The van der Waals surface area contributed by atoms with E-state index in [0.29, 0.717) is 10.5 Å². The lowest BCUT2D eigenvalue weighted by molar-refractivity contribution is 0.0780. The summed E-state index contributed by atoms with van der Waals surface area (Å²) in [5.74, 6) is 0. The summed E-state index contributed by atoms with van der Waals surface area (Å²) in [6, 6.07) is 1.29. The number of aliphatic hydroxyl groups is 1. The maximum absolute atomic E-state index is 12.8. The Bertz CT molecular complexity index is 1060. The van der Waals surface area contributed by atoms with Crippen LogP contribution >= 0.6 is 0 Å². The number of anilines is 1. The number of nitrogens with two attached hydrogens (primary N) is 1. The van der Waals surface area contributed by atoms with Crippen molar-refractivity contribution in [3.63, 3.8) is 0 Å². The normalized spacial score (nSPS) is 18.2. The second-order valence-corrected chi connectivity index (χ2v) is 10.6. The van der Waals surface area contributed by atoms with Gasteiger partial charge in [-0.25, -0.2) is 4.79 Å². The monoisotopic (exact) mass is 427 g/mol. The SMILES string of the molecule is CC(C)(O)c1cncc(S(N)=NC(=O)Nc2c3c(nc4c2CCC4(C)C)CCC3)c1. The van der Waals surface area contributed by atoms with E-state index in [1.54, 1.807) is 32.3 Å². The molecule has 1 atom stereocenters. The van der Waals surface area contributed by atoms with E-state index in [1.165, 1.54) is 0 Å². The fourth-order valence-corrected chi connectivity index (χ4v) is 5.02. The molecular formula is C22H29N5O2S. The molecule has 0 aliphatic heterocycles. The average molecular weight is 428 g/mol. The molecular weight excluding hydrogens is 398 g/mol. The van der Waals surface area contributed by atoms with Gasteiger partial charge in [-0.05, 0) is 63.1 Å². The first-order valence-electron chi connectivity index (χ1n) is 10.3. The van der Waals surface area contributed by atoms with Crippen LogP contribution in [0.25, 0.3) is 0 Å². The third-order valence-corrected chi connectivity index (χ3v) is 7.11. The Hall–Kier alpha value is -2.16. The number of pyridine rings is 2. The minimum atomic E-state index is -1.17. The number of hydrogen-bond acceptors (Lipinski definition) is 4. The summed E-state index contributed by atoms with van der Waals surface area (Å²) in [7, 11) is -1.17. The number of aryl methyl sites for hydroxylation is 1. The number of carbonyl (C=O) groups is 1.